The van der Waals surface area contributed by atoms with Crippen LogP contribution in [-0.2, 0) is 0 Å². The molecule has 0 saturated carbocycles. The van der Waals surface area contributed by atoms with E-state index in [4.69, 9.17) is 5.84 Å². The molecule has 0 aliphatic heterocycles. The van der Waals surface area contributed by atoms with Gasteiger partial charge in [-0.15, -0.1) is 11.8 Å². The van der Waals surface area contributed by atoms with Gasteiger partial charge >= 0.3 is 6.18 Å². The van der Waals surface area contributed by atoms with Crippen LogP contribution in [0.25, 0.3) is 0 Å². The molecule has 2 nitrogen and oxygen atoms in total. The van der Waals surface area contributed by atoms with Gasteiger partial charge < -0.3 is 0 Å². The molecule has 6 heteroatoms. The van der Waals surface area contributed by atoms with Crippen molar-refractivity contribution in [1.82, 2.24) is 5.43 Å². The van der Waals surface area contributed by atoms with Gasteiger partial charge in [-0.25, -0.2) is 0 Å². The van der Waals surface area contributed by atoms with Crippen LogP contribution in [0.2, 0.25) is 0 Å². The fourth-order valence-electron chi connectivity index (χ4n) is 1.82. The lowest BCUT2D eigenvalue weighted by molar-refractivity contribution is -0.135. The van der Waals surface area contributed by atoms with Crippen molar-refractivity contribution in [2.24, 2.45) is 5.84 Å². The van der Waals surface area contributed by atoms with Crippen molar-refractivity contribution in [3.05, 3.63) is 29.8 Å². The predicted molar refractivity (Wildman–Crippen MR) is 72.8 cm³/mol. The number of hydrogen-bond donors (Lipinski definition) is 2. The van der Waals surface area contributed by atoms with Crippen molar-refractivity contribution >= 4 is 11.8 Å². The van der Waals surface area contributed by atoms with E-state index in [1.807, 2.05) is 24.3 Å². The van der Waals surface area contributed by atoms with Gasteiger partial charge in [0.2, 0.25) is 0 Å². The molecular weight excluding hydrogens is 273 g/mol. The Morgan fingerprint density at radius 2 is 1.89 bits per heavy atom. The van der Waals surface area contributed by atoms with E-state index >= 15 is 0 Å². The molecular formula is C13H19F3N2S. The van der Waals surface area contributed by atoms with Gasteiger partial charge in [-0.1, -0.05) is 19.1 Å². The topological polar surface area (TPSA) is 38.0 Å². The number of hydrogen-bond acceptors (Lipinski definition) is 3. The van der Waals surface area contributed by atoms with E-state index in [1.54, 1.807) is 11.8 Å². The molecule has 0 fully saturated rings. The maximum Gasteiger partial charge on any atom is 0.389 e. The van der Waals surface area contributed by atoms with Crippen LogP contribution in [0, 0.1) is 0 Å². The van der Waals surface area contributed by atoms with Crippen molar-refractivity contribution in [3.8, 4) is 0 Å². The summed E-state index contributed by atoms with van der Waals surface area (Å²) in [6.07, 6.45) is -4.42. The van der Waals surface area contributed by atoms with Crippen molar-refractivity contribution in [3.63, 3.8) is 0 Å². The number of nitrogens with one attached hydrogen (secondary N) is 1. The normalized spacial score (nSPS) is 13.5. The molecule has 0 amide bonds. The quantitative estimate of drug-likeness (QED) is 0.452. The summed E-state index contributed by atoms with van der Waals surface area (Å²) < 4.78 is 36.3. The second-order valence-electron chi connectivity index (χ2n) is 4.23. The molecule has 0 bridgehead atoms. The minimum absolute atomic E-state index is 0.0732. The van der Waals surface area contributed by atoms with Gasteiger partial charge in [0.15, 0.2) is 0 Å². The molecule has 0 spiro atoms. The van der Waals surface area contributed by atoms with Crippen LogP contribution in [0.5, 0.6) is 0 Å². The first-order valence-corrected chi connectivity index (χ1v) is 7.20. The van der Waals surface area contributed by atoms with Crippen molar-refractivity contribution in [1.29, 1.82) is 0 Å². The Kier molecular flexibility index (Phi) is 6.68. The number of benzene rings is 1. The zero-order valence-corrected chi connectivity index (χ0v) is 11.7. The van der Waals surface area contributed by atoms with Gasteiger partial charge in [-0.05, 0) is 36.3 Å². The van der Waals surface area contributed by atoms with Crippen molar-refractivity contribution in [2.75, 3.05) is 5.75 Å². The van der Waals surface area contributed by atoms with E-state index in [0.29, 0.717) is 6.42 Å². The van der Waals surface area contributed by atoms with Crippen LogP contribution in [0.3, 0.4) is 0 Å². The fraction of sp³-hybridized carbons (Fsp3) is 0.538. The van der Waals surface area contributed by atoms with Gasteiger partial charge in [-0.3, -0.25) is 11.3 Å². The maximum atomic E-state index is 12.1. The van der Waals surface area contributed by atoms with E-state index in [-0.39, 0.29) is 12.5 Å². The number of thioether (sulfide) groups is 1. The summed E-state index contributed by atoms with van der Waals surface area (Å²) >= 11 is 1.72. The zero-order valence-electron chi connectivity index (χ0n) is 10.8. The monoisotopic (exact) mass is 292 g/mol. The molecule has 3 N–H and O–H groups in total. The summed E-state index contributed by atoms with van der Waals surface area (Å²) in [5.74, 6) is 6.40. The number of halogens is 3. The molecule has 1 atom stereocenters. The first-order valence-electron chi connectivity index (χ1n) is 6.22. The van der Waals surface area contributed by atoms with Crippen LogP contribution >= 0.6 is 11.8 Å². The van der Waals surface area contributed by atoms with E-state index in [9.17, 15) is 13.2 Å². The molecule has 0 radical (unpaired) electrons. The van der Waals surface area contributed by atoms with E-state index < -0.39 is 12.6 Å². The summed E-state index contributed by atoms with van der Waals surface area (Å²) in [5.41, 5.74) is 3.50. The van der Waals surface area contributed by atoms with Crippen molar-refractivity contribution in [2.45, 2.75) is 43.3 Å². The molecule has 0 aromatic heterocycles. The van der Waals surface area contributed by atoms with Gasteiger partial charge in [0.05, 0.1) is 0 Å². The van der Waals surface area contributed by atoms with Crippen LogP contribution in [0.15, 0.2) is 29.2 Å². The summed E-state index contributed by atoms with van der Waals surface area (Å²) in [5, 5.41) is 0. The standard InChI is InChI=1S/C13H19F3N2S/c1-2-19-11-7-5-10(6-8-11)12(18-17)4-3-9-13(14,15)16/h5-8,12,18H,2-4,9,17H2,1H3. The highest BCUT2D eigenvalue weighted by atomic mass is 32.2. The SMILES string of the molecule is CCSc1ccc(C(CCCC(F)(F)F)NN)cc1. The highest BCUT2D eigenvalue weighted by Gasteiger charge is 2.26. The summed E-state index contributed by atoms with van der Waals surface area (Å²) in [4.78, 5) is 1.15. The van der Waals surface area contributed by atoms with Gasteiger partial charge in [0.1, 0.15) is 0 Å². The highest BCUT2D eigenvalue weighted by molar-refractivity contribution is 7.99. The third-order valence-electron chi connectivity index (χ3n) is 2.75. The third kappa shape index (κ3) is 6.31. The predicted octanol–water partition coefficient (Wildman–Crippen LogP) is 4.04. The first-order chi connectivity index (χ1) is 8.96. The molecule has 108 valence electrons. The molecule has 1 unspecified atom stereocenters. The molecule has 1 rings (SSSR count). The van der Waals surface area contributed by atoms with Crippen molar-refractivity contribution < 1.29 is 13.2 Å². The lowest BCUT2D eigenvalue weighted by atomic mass is 10.0. The van der Waals surface area contributed by atoms with E-state index in [0.717, 1.165) is 16.2 Å². The Morgan fingerprint density at radius 1 is 1.26 bits per heavy atom. The lowest BCUT2D eigenvalue weighted by Crippen LogP contribution is -2.28. The van der Waals surface area contributed by atoms with Crippen LogP contribution in [0.1, 0.15) is 37.8 Å². The Morgan fingerprint density at radius 3 is 2.37 bits per heavy atom. The zero-order chi connectivity index (χ0) is 14.3. The average Bonchev–Trinajstić information content (AvgIpc) is 2.35. The lowest BCUT2D eigenvalue weighted by Gasteiger charge is -2.17. The van der Waals surface area contributed by atoms with Crippen LogP contribution in [-0.4, -0.2) is 11.9 Å². The molecule has 1 aromatic carbocycles. The second-order valence-corrected chi connectivity index (χ2v) is 5.57. The number of hydrazine groups is 1. The molecule has 0 heterocycles. The van der Waals surface area contributed by atoms with Gasteiger partial charge in [-0.2, -0.15) is 13.2 Å². The highest BCUT2D eigenvalue weighted by Crippen LogP contribution is 2.27. The largest absolute Gasteiger partial charge is 0.389 e. The molecule has 0 aliphatic carbocycles. The molecule has 0 saturated heterocycles. The molecule has 1 aromatic rings. The van der Waals surface area contributed by atoms with Gasteiger partial charge in [0, 0.05) is 17.4 Å². The Hall–Kier alpha value is -0.720. The summed E-state index contributed by atoms with van der Waals surface area (Å²) in [7, 11) is 0. The fourth-order valence-corrected chi connectivity index (χ4v) is 2.48. The van der Waals surface area contributed by atoms with Gasteiger partial charge in [0.25, 0.3) is 0 Å². The van der Waals surface area contributed by atoms with Crippen LogP contribution in [0.4, 0.5) is 13.2 Å². The van der Waals surface area contributed by atoms with E-state index in [1.165, 1.54) is 0 Å². The second kappa shape index (κ2) is 7.77. The van der Waals surface area contributed by atoms with Crippen LogP contribution < -0.4 is 11.3 Å². The Bertz CT molecular complexity index is 365. The summed E-state index contributed by atoms with van der Waals surface area (Å²) in [6, 6.07) is 7.53. The number of alkyl halides is 3. The minimum atomic E-state index is -4.10. The molecule has 19 heavy (non-hydrogen) atoms. The first kappa shape index (κ1) is 16.3. The average molecular weight is 292 g/mol. The van der Waals surface area contributed by atoms with E-state index in [2.05, 4.69) is 12.3 Å². The Labute approximate surface area is 115 Å². The third-order valence-corrected chi connectivity index (χ3v) is 3.64. The minimum Gasteiger partial charge on any atom is -0.271 e. The number of rotatable bonds is 7. The maximum absolute atomic E-state index is 12.1. The molecule has 0 aliphatic rings. The summed E-state index contributed by atoms with van der Waals surface area (Å²) in [6.45, 7) is 2.07. The number of nitrogens with two attached hydrogens (primary N) is 1. The Balaban J connectivity index is 2.54. The smallest absolute Gasteiger partial charge is 0.271 e.